The van der Waals surface area contributed by atoms with Gasteiger partial charge in [0, 0.05) is 13.0 Å². The van der Waals surface area contributed by atoms with E-state index in [9.17, 15) is 19.1 Å². The quantitative estimate of drug-likeness (QED) is 0.760. The zero-order valence-electron chi connectivity index (χ0n) is 10.8. The maximum Gasteiger partial charge on any atom is 0.326 e. The number of aliphatic carboxylic acids is 1. The summed E-state index contributed by atoms with van der Waals surface area (Å²) < 4.78 is 13.6. The average Bonchev–Trinajstić information content (AvgIpc) is 2.76. The van der Waals surface area contributed by atoms with Crippen LogP contribution in [0.15, 0.2) is 18.2 Å². The van der Waals surface area contributed by atoms with Crippen molar-refractivity contribution in [2.45, 2.75) is 25.5 Å². The number of amides is 2. The minimum absolute atomic E-state index is 0.0167. The number of hydrogen-bond donors (Lipinski definition) is 3. The molecule has 0 spiro atoms. The van der Waals surface area contributed by atoms with E-state index in [0.29, 0.717) is 5.56 Å². The Hall–Kier alpha value is -2.15. The first-order valence-electron chi connectivity index (χ1n) is 6.13. The number of carboxylic acids is 1. The van der Waals surface area contributed by atoms with Crippen molar-refractivity contribution in [3.05, 3.63) is 29.6 Å². The molecular weight excluding hydrogens is 267 g/mol. The topological polar surface area (TPSA) is 89.9 Å². The molecule has 7 heteroatoms. The van der Waals surface area contributed by atoms with Crippen LogP contribution in [0.25, 0.3) is 0 Å². The number of carbonyl (C=O) groups is 2. The van der Waals surface area contributed by atoms with E-state index in [0.717, 1.165) is 4.90 Å². The van der Waals surface area contributed by atoms with Crippen molar-refractivity contribution in [2.24, 2.45) is 0 Å². The zero-order valence-corrected chi connectivity index (χ0v) is 10.8. The number of halogens is 1. The Kier molecular flexibility index (Phi) is 3.89. The molecule has 1 saturated heterocycles. The third kappa shape index (κ3) is 2.72. The number of rotatable bonds is 2. The van der Waals surface area contributed by atoms with Crippen molar-refractivity contribution >= 4 is 17.7 Å². The molecule has 20 heavy (non-hydrogen) atoms. The Morgan fingerprint density at radius 3 is 2.75 bits per heavy atom. The molecule has 0 bridgehead atoms. The van der Waals surface area contributed by atoms with E-state index in [1.807, 2.05) is 0 Å². The maximum absolute atomic E-state index is 13.6. The Morgan fingerprint density at radius 2 is 2.15 bits per heavy atom. The number of carbonyl (C=O) groups excluding carboxylic acids is 1. The predicted molar refractivity (Wildman–Crippen MR) is 68.9 cm³/mol. The van der Waals surface area contributed by atoms with Gasteiger partial charge < -0.3 is 20.4 Å². The SMILES string of the molecule is Cc1cccc(F)c1NC(=O)N1C[C@H](O)C[C@H]1C(=O)O. The van der Waals surface area contributed by atoms with Crippen LogP contribution in [-0.2, 0) is 4.79 Å². The minimum Gasteiger partial charge on any atom is -0.480 e. The van der Waals surface area contributed by atoms with Gasteiger partial charge >= 0.3 is 12.0 Å². The summed E-state index contributed by atoms with van der Waals surface area (Å²) in [6.07, 6.45) is -0.914. The lowest BCUT2D eigenvalue weighted by Crippen LogP contribution is -2.43. The van der Waals surface area contributed by atoms with E-state index in [2.05, 4.69) is 5.32 Å². The second-order valence-corrected chi connectivity index (χ2v) is 4.76. The number of β-amino-alcohol motifs (C(OH)–C–C–N with tert-alkyl or cyclic N) is 1. The van der Waals surface area contributed by atoms with E-state index in [1.165, 1.54) is 12.1 Å². The lowest BCUT2D eigenvalue weighted by molar-refractivity contribution is -0.141. The Morgan fingerprint density at radius 1 is 1.45 bits per heavy atom. The van der Waals surface area contributed by atoms with Crippen molar-refractivity contribution < 1.29 is 24.2 Å². The van der Waals surface area contributed by atoms with Crippen molar-refractivity contribution in [1.29, 1.82) is 0 Å². The highest BCUT2D eigenvalue weighted by atomic mass is 19.1. The first-order valence-corrected chi connectivity index (χ1v) is 6.13. The van der Waals surface area contributed by atoms with Crippen LogP contribution in [0.1, 0.15) is 12.0 Å². The van der Waals surface area contributed by atoms with Crippen LogP contribution >= 0.6 is 0 Å². The number of carboxylic acid groups (broad SMARTS) is 1. The van der Waals surface area contributed by atoms with Gasteiger partial charge in [-0.15, -0.1) is 0 Å². The largest absolute Gasteiger partial charge is 0.480 e. The molecule has 3 N–H and O–H groups in total. The van der Waals surface area contributed by atoms with Crippen molar-refractivity contribution in [1.82, 2.24) is 4.90 Å². The highest BCUT2D eigenvalue weighted by molar-refractivity contribution is 5.93. The molecular formula is C13H15FN2O4. The first-order chi connectivity index (χ1) is 9.40. The molecule has 1 aromatic rings. The molecule has 2 rings (SSSR count). The summed E-state index contributed by atoms with van der Waals surface area (Å²) in [5.74, 6) is -1.79. The zero-order chi connectivity index (χ0) is 14.9. The molecule has 0 aromatic heterocycles. The number of aliphatic hydroxyl groups excluding tert-OH is 1. The molecule has 0 unspecified atom stereocenters. The van der Waals surface area contributed by atoms with Crippen LogP contribution in [0, 0.1) is 12.7 Å². The number of likely N-dealkylation sites (tertiary alicyclic amines) is 1. The van der Waals surface area contributed by atoms with E-state index >= 15 is 0 Å². The minimum atomic E-state index is -1.19. The van der Waals surface area contributed by atoms with Gasteiger partial charge in [0.15, 0.2) is 0 Å². The van der Waals surface area contributed by atoms with Gasteiger partial charge in [0.2, 0.25) is 0 Å². The van der Waals surface area contributed by atoms with Crippen molar-refractivity contribution in [2.75, 3.05) is 11.9 Å². The fourth-order valence-corrected chi connectivity index (χ4v) is 2.24. The van der Waals surface area contributed by atoms with Gasteiger partial charge in [-0.2, -0.15) is 0 Å². The van der Waals surface area contributed by atoms with E-state index in [4.69, 9.17) is 5.11 Å². The van der Waals surface area contributed by atoms with Gasteiger partial charge in [0.25, 0.3) is 0 Å². The summed E-state index contributed by atoms with van der Waals surface area (Å²) in [6, 6.07) is 2.52. The highest BCUT2D eigenvalue weighted by Crippen LogP contribution is 2.23. The van der Waals surface area contributed by atoms with E-state index < -0.39 is 30.0 Å². The Balaban J connectivity index is 2.18. The molecule has 2 atom stereocenters. The number of para-hydroxylation sites is 1. The molecule has 6 nitrogen and oxygen atoms in total. The number of aryl methyl sites for hydroxylation is 1. The van der Waals surface area contributed by atoms with Gasteiger partial charge in [0.1, 0.15) is 11.9 Å². The van der Waals surface area contributed by atoms with E-state index in [-0.39, 0.29) is 18.7 Å². The molecule has 1 aromatic carbocycles. The smallest absolute Gasteiger partial charge is 0.326 e. The molecule has 1 aliphatic rings. The summed E-state index contributed by atoms with van der Waals surface area (Å²) in [6.45, 7) is 1.54. The number of hydrogen-bond acceptors (Lipinski definition) is 3. The number of anilines is 1. The molecule has 1 heterocycles. The third-order valence-corrected chi connectivity index (χ3v) is 3.28. The van der Waals surface area contributed by atoms with Crippen molar-refractivity contribution in [3.8, 4) is 0 Å². The van der Waals surface area contributed by atoms with Gasteiger partial charge in [-0.05, 0) is 18.6 Å². The summed E-state index contributed by atoms with van der Waals surface area (Å²) in [4.78, 5) is 24.1. The van der Waals surface area contributed by atoms with Crippen LogP contribution < -0.4 is 5.32 Å². The fourth-order valence-electron chi connectivity index (χ4n) is 2.24. The summed E-state index contributed by atoms with van der Waals surface area (Å²) in [5.41, 5.74) is 0.549. The van der Waals surface area contributed by atoms with Gasteiger partial charge in [0.05, 0.1) is 11.8 Å². The second-order valence-electron chi connectivity index (χ2n) is 4.76. The van der Waals surface area contributed by atoms with Crippen LogP contribution in [0.2, 0.25) is 0 Å². The normalized spacial score (nSPS) is 21.9. The lowest BCUT2D eigenvalue weighted by Gasteiger charge is -2.22. The molecule has 108 valence electrons. The Labute approximate surface area is 114 Å². The van der Waals surface area contributed by atoms with Crippen LogP contribution in [0.3, 0.4) is 0 Å². The van der Waals surface area contributed by atoms with Crippen molar-refractivity contribution in [3.63, 3.8) is 0 Å². The number of nitrogens with zero attached hydrogens (tertiary/aromatic N) is 1. The molecule has 0 radical (unpaired) electrons. The lowest BCUT2D eigenvalue weighted by atomic mass is 10.2. The first kappa shape index (κ1) is 14.3. The standard InChI is InChI=1S/C13H15FN2O4/c1-7-3-2-4-9(14)11(7)15-13(20)16-6-8(17)5-10(16)12(18)19/h2-4,8,10,17H,5-6H2,1H3,(H,15,20)(H,18,19)/t8-,10+/m1/s1. The van der Waals surface area contributed by atoms with Gasteiger partial charge in [-0.1, -0.05) is 12.1 Å². The number of benzene rings is 1. The summed E-state index contributed by atoms with van der Waals surface area (Å²) in [7, 11) is 0. The third-order valence-electron chi connectivity index (χ3n) is 3.28. The van der Waals surface area contributed by atoms with Gasteiger partial charge in [-0.3, -0.25) is 0 Å². The van der Waals surface area contributed by atoms with Crippen LogP contribution in [0.5, 0.6) is 0 Å². The maximum atomic E-state index is 13.6. The summed E-state index contributed by atoms with van der Waals surface area (Å²) in [5, 5.41) is 20.9. The fraction of sp³-hybridized carbons (Fsp3) is 0.385. The highest BCUT2D eigenvalue weighted by Gasteiger charge is 2.39. The Bertz CT molecular complexity index is 529. The number of nitrogens with one attached hydrogen (secondary N) is 1. The van der Waals surface area contributed by atoms with Gasteiger partial charge in [-0.25, -0.2) is 14.0 Å². The molecule has 0 saturated carbocycles. The number of aliphatic hydroxyl groups is 1. The molecule has 1 fully saturated rings. The summed E-state index contributed by atoms with van der Waals surface area (Å²) >= 11 is 0. The average molecular weight is 282 g/mol. The second kappa shape index (κ2) is 5.46. The van der Waals surface area contributed by atoms with Crippen LogP contribution in [0.4, 0.5) is 14.9 Å². The predicted octanol–water partition coefficient (Wildman–Crippen LogP) is 1.19. The van der Waals surface area contributed by atoms with E-state index in [1.54, 1.807) is 13.0 Å². The van der Waals surface area contributed by atoms with Crippen LogP contribution in [-0.4, -0.2) is 45.8 Å². The molecule has 0 aliphatic carbocycles. The molecule has 2 amide bonds. The molecule has 1 aliphatic heterocycles. The monoisotopic (exact) mass is 282 g/mol. The number of urea groups is 1.